The van der Waals surface area contributed by atoms with E-state index in [1.165, 1.54) is 0 Å². The second-order valence-corrected chi connectivity index (χ2v) is 5.37. The Bertz CT molecular complexity index is 617. The molecule has 1 aromatic carbocycles. The molecule has 112 valence electrons. The van der Waals surface area contributed by atoms with Crippen LogP contribution in [0.4, 0.5) is 0 Å². The fourth-order valence-electron chi connectivity index (χ4n) is 2.02. The Balaban J connectivity index is 2.35. The molecule has 1 heterocycles. The maximum atomic E-state index is 6.35. The lowest BCUT2D eigenvalue weighted by molar-refractivity contribution is 0.340. The summed E-state index contributed by atoms with van der Waals surface area (Å²) in [6.45, 7) is 6.22. The van der Waals surface area contributed by atoms with Gasteiger partial charge in [-0.25, -0.2) is 0 Å². The smallest absolute Gasteiger partial charge is 0.139 e. The normalized spacial score (nSPS) is 10.7. The van der Waals surface area contributed by atoms with Crippen molar-refractivity contribution >= 4 is 23.2 Å². The van der Waals surface area contributed by atoms with E-state index in [0.29, 0.717) is 22.4 Å². The van der Waals surface area contributed by atoms with Crippen LogP contribution in [0.5, 0.6) is 5.75 Å². The van der Waals surface area contributed by atoms with Gasteiger partial charge >= 0.3 is 0 Å². The lowest BCUT2D eigenvalue weighted by Gasteiger charge is -2.11. The van der Waals surface area contributed by atoms with E-state index in [1.54, 1.807) is 12.3 Å². The molecule has 0 bridgehead atoms. The van der Waals surface area contributed by atoms with Crippen molar-refractivity contribution in [3.8, 4) is 16.9 Å². The number of benzene rings is 1. The molecule has 0 aliphatic heterocycles. The second kappa shape index (κ2) is 7.64. The van der Waals surface area contributed by atoms with Crippen molar-refractivity contribution in [2.45, 2.75) is 20.4 Å². The molecule has 21 heavy (non-hydrogen) atoms. The number of rotatable bonds is 6. The summed E-state index contributed by atoms with van der Waals surface area (Å²) < 4.78 is 5.44. The Morgan fingerprint density at radius 2 is 1.90 bits per heavy atom. The summed E-state index contributed by atoms with van der Waals surface area (Å²) in [5.41, 5.74) is 2.91. The minimum atomic E-state index is 0.549. The molecule has 1 N–H and O–H groups in total. The van der Waals surface area contributed by atoms with Crippen molar-refractivity contribution in [3.05, 3.63) is 46.2 Å². The number of aromatic nitrogens is 1. The topological polar surface area (TPSA) is 34.2 Å². The zero-order chi connectivity index (χ0) is 15.2. The highest BCUT2D eigenvalue weighted by Gasteiger charge is 2.11. The molecule has 3 nitrogen and oxygen atoms in total. The highest BCUT2D eigenvalue weighted by Crippen LogP contribution is 2.36. The van der Waals surface area contributed by atoms with Crippen LogP contribution >= 0.6 is 23.2 Å². The summed E-state index contributed by atoms with van der Waals surface area (Å²) >= 11 is 12.6. The van der Waals surface area contributed by atoms with E-state index in [0.717, 1.165) is 29.8 Å². The van der Waals surface area contributed by atoms with Gasteiger partial charge in [-0.2, -0.15) is 0 Å². The first-order chi connectivity index (χ1) is 10.2. The summed E-state index contributed by atoms with van der Waals surface area (Å²) in [6.07, 6.45) is 3.63. The van der Waals surface area contributed by atoms with E-state index < -0.39 is 0 Å². The Morgan fingerprint density at radius 1 is 1.10 bits per heavy atom. The number of hydrogen-bond donors (Lipinski definition) is 1. The summed E-state index contributed by atoms with van der Waals surface area (Å²) in [5, 5.41) is 4.43. The molecule has 0 radical (unpaired) electrons. The van der Waals surface area contributed by atoms with Gasteiger partial charge in [-0.1, -0.05) is 30.1 Å². The first kappa shape index (κ1) is 16.1. The van der Waals surface area contributed by atoms with E-state index in [9.17, 15) is 0 Å². The lowest BCUT2D eigenvalue weighted by Crippen LogP contribution is -2.11. The molecule has 2 aromatic rings. The molecule has 5 heteroatoms. The van der Waals surface area contributed by atoms with Gasteiger partial charge in [0.15, 0.2) is 0 Å². The maximum Gasteiger partial charge on any atom is 0.139 e. The van der Waals surface area contributed by atoms with Crippen molar-refractivity contribution in [2.24, 2.45) is 0 Å². The quantitative estimate of drug-likeness (QED) is 0.845. The lowest BCUT2D eigenvalue weighted by atomic mass is 10.1. The molecule has 0 saturated carbocycles. The minimum Gasteiger partial charge on any atom is -0.492 e. The third kappa shape index (κ3) is 4.10. The number of nitrogens with one attached hydrogen (secondary N) is 1. The Labute approximate surface area is 135 Å². The van der Waals surface area contributed by atoms with Crippen LogP contribution in [0.2, 0.25) is 10.0 Å². The maximum absolute atomic E-state index is 6.35. The predicted molar refractivity (Wildman–Crippen MR) is 88.2 cm³/mol. The van der Waals surface area contributed by atoms with Gasteiger partial charge in [0.1, 0.15) is 5.75 Å². The predicted octanol–water partition coefficient (Wildman–Crippen LogP) is 4.56. The van der Waals surface area contributed by atoms with Gasteiger partial charge in [-0.3, -0.25) is 4.98 Å². The molecule has 0 aliphatic carbocycles. The van der Waals surface area contributed by atoms with E-state index in [1.807, 2.05) is 19.2 Å². The first-order valence-corrected chi connectivity index (χ1v) is 7.68. The van der Waals surface area contributed by atoms with Crippen LogP contribution in [0.3, 0.4) is 0 Å². The van der Waals surface area contributed by atoms with Gasteiger partial charge in [-0.15, -0.1) is 0 Å². The van der Waals surface area contributed by atoms with Crippen LogP contribution in [0.15, 0.2) is 30.6 Å². The molecular weight excluding hydrogens is 307 g/mol. The van der Waals surface area contributed by atoms with Gasteiger partial charge in [0, 0.05) is 36.1 Å². The number of nitrogens with zero attached hydrogens (tertiary/aromatic N) is 1. The number of hydrogen-bond acceptors (Lipinski definition) is 3. The fourth-order valence-corrected chi connectivity index (χ4v) is 2.50. The van der Waals surface area contributed by atoms with Crippen molar-refractivity contribution in [3.63, 3.8) is 0 Å². The van der Waals surface area contributed by atoms with Crippen molar-refractivity contribution in [1.29, 1.82) is 0 Å². The third-order valence-electron chi connectivity index (χ3n) is 3.01. The summed E-state index contributed by atoms with van der Waals surface area (Å²) in [4.78, 5) is 4.27. The highest BCUT2D eigenvalue weighted by molar-refractivity contribution is 6.36. The molecule has 1 aromatic heterocycles. The zero-order valence-corrected chi connectivity index (χ0v) is 13.6. The van der Waals surface area contributed by atoms with Crippen LogP contribution in [0, 0.1) is 0 Å². The van der Waals surface area contributed by atoms with Crippen LogP contribution in [-0.4, -0.2) is 18.1 Å². The van der Waals surface area contributed by atoms with E-state index in [-0.39, 0.29) is 0 Å². The second-order valence-electron chi connectivity index (χ2n) is 4.56. The SMILES string of the molecule is CCNCc1cncc(-c2cc(Cl)c(OCC)cc2Cl)c1. The van der Waals surface area contributed by atoms with E-state index >= 15 is 0 Å². The molecule has 2 rings (SSSR count). The van der Waals surface area contributed by atoms with Crippen LogP contribution in [0.25, 0.3) is 11.1 Å². The van der Waals surface area contributed by atoms with Crippen molar-refractivity contribution in [2.75, 3.05) is 13.2 Å². The summed E-state index contributed by atoms with van der Waals surface area (Å²) in [6, 6.07) is 5.64. The van der Waals surface area contributed by atoms with E-state index in [4.69, 9.17) is 27.9 Å². The first-order valence-electron chi connectivity index (χ1n) is 6.92. The Kier molecular flexibility index (Phi) is 5.85. The van der Waals surface area contributed by atoms with Gasteiger partial charge in [0.2, 0.25) is 0 Å². The standard InChI is InChI=1S/C16H18Cl2N2O/c1-3-19-8-11-5-12(10-20-9-11)13-6-15(18)16(21-4-2)7-14(13)17/h5-7,9-10,19H,3-4,8H2,1-2H3. The van der Waals surface area contributed by atoms with Crippen molar-refractivity contribution < 1.29 is 4.74 Å². The van der Waals surface area contributed by atoms with Gasteiger partial charge in [-0.05, 0) is 31.2 Å². The van der Waals surface area contributed by atoms with Gasteiger partial charge in [0.05, 0.1) is 16.7 Å². The number of ether oxygens (including phenoxy) is 1. The monoisotopic (exact) mass is 324 g/mol. The number of pyridine rings is 1. The average molecular weight is 325 g/mol. The number of halogens is 2. The zero-order valence-electron chi connectivity index (χ0n) is 12.1. The molecule has 0 saturated heterocycles. The molecule has 0 fully saturated rings. The third-order valence-corrected chi connectivity index (χ3v) is 3.61. The largest absolute Gasteiger partial charge is 0.492 e. The minimum absolute atomic E-state index is 0.549. The molecule has 0 atom stereocenters. The van der Waals surface area contributed by atoms with Crippen LogP contribution in [0.1, 0.15) is 19.4 Å². The average Bonchev–Trinajstić information content (AvgIpc) is 2.49. The van der Waals surface area contributed by atoms with Gasteiger partial charge < -0.3 is 10.1 Å². The Morgan fingerprint density at radius 3 is 2.62 bits per heavy atom. The van der Waals surface area contributed by atoms with Crippen LogP contribution < -0.4 is 10.1 Å². The summed E-state index contributed by atoms with van der Waals surface area (Å²) in [5.74, 6) is 0.602. The molecule has 0 unspecified atom stereocenters. The summed E-state index contributed by atoms with van der Waals surface area (Å²) in [7, 11) is 0. The molecule has 0 spiro atoms. The molecular formula is C16H18Cl2N2O. The van der Waals surface area contributed by atoms with Crippen molar-refractivity contribution in [1.82, 2.24) is 10.3 Å². The van der Waals surface area contributed by atoms with E-state index in [2.05, 4.69) is 23.3 Å². The molecule has 0 amide bonds. The molecule has 0 aliphatic rings. The highest BCUT2D eigenvalue weighted by atomic mass is 35.5. The van der Waals surface area contributed by atoms with Crippen LogP contribution in [-0.2, 0) is 6.54 Å². The van der Waals surface area contributed by atoms with Gasteiger partial charge in [0.25, 0.3) is 0 Å². The Hall–Kier alpha value is -1.29. The fraction of sp³-hybridized carbons (Fsp3) is 0.312.